The normalized spacial score (nSPS) is 23.4. The van der Waals surface area contributed by atoms with Crippen LogP contribution in [0.5, 0.6) is 0 Å². The maximum atomic E-state index is 14.1. The number of aliphatic hydroxyl groups is 1. The predicted octanol–water partition coefficient (Wildman–Crippen LogP) is 2.67. The molecule has 0 amide bonds. The Morgan fingerprint density at radius 3 is 2.85 bits per heavy atom. The zero-order chi connectivity index (χ0) is 14.8. The lowest BCUT2D eigenvalue weighted by Gasteiger charge is -2.39. The average molecular weight is 280 g/mol. The van der Waals surface area contributed by atoms with Gasteiger partial charge in [-0.3, -0.25) is 0 Å². The number of halogens is 1. The Bertz CT molecular complexity index is 460. The van der Waals surface area contributed by atoms with E-state index in [1.54, 1.807) is 6.07 Å². The molecule has 1 unspecified atom stereocenters. The van der Waals surface area contributed by atoms with Gasteiger partial charge in [0.15, 0.2) is 0 Å². The van der Waals surface area contributed by atoms with E-state index in [0.29, 0.717) is 24.7 Å². The molecule has 0 bridgehead atoms. The Labute approximate surface area is 120 Å². The predicted molar refractivity (Wildman–Crippen MR) is 80.4 cm³/mol. The summed E-state index contributed by atoms with van der Waals surface area (Å²) >= 11 is 0. The smallest absolute Gasteiger partial charge is 0.129 e. The molecule has 2 N–H and O–H groups in total. The monoisotopic (exact) mass is 280 g/mol. The second-order valence-corrected chi connectivity index (χ2v) is 6.30. The molecule has 1 heterocycles. The van der Waals surface area contributed by atoms with Gasteiger partial charge < -0.3 is 15.3 Å². The van der Waals surface area contributed by atoms with E-state index >= 15 is 0 Å². The third-order valence-corrected chi connectivity index (χ3v) is 3.80. The first-order valence-electron chi connectivity index (χ1n) is 7.37. The van der Waals surface area contributed by atoms with Gasteiger partial charge in [0.25, 0.3) is 0 Å². The van der Waals surface area contributed by atoms with E-state index in [1.165, 1.54) is 6.07 Å². The summed E-state index contributed by atoms with van der Waals surface area (Å²) in [6, 6.07) is 5.50. The quantitative estimate of drug-likeness (QED) is 0.890. The Kier molecular flexibility index (Phi) is 4.66. The van der Waals surface area contributed by atoms with Crippen LogP contribution in [-0.2, 0) is 6.54 Å². The van der Waals surface area contributed by atoms with Crippen LogP contribution in [0.1, 0.15) is 39.2 Å². The summed E-state index contributed by atoms with van der Waals surface area (Å²) < 4.78 is 14.1. The van der Waals surface area contributed by atoms with Crippen molar-refractivity contribution in [2.45, 2.75) is 51.8 Å². The molecule has 0 spiro atoms. The topological polar surface area (TPSA) is 35.5 Å². The number of benzene rings is 1. The van der Waals surface area contributed by atoms with Gasteiger partial charge in [-0.25, -0.2) is 4.39 Å². The van der Waals surface area contributed by atoms with Crippen LogP contribution < -0.4 is 10.2 Å². The fourth-order valence-corrected chi connectivity index (χ4v) is 2.75. The molecule has 1 saturated heterocycles. The third-order valence-electron chi connectivity index (χ3n) is 3.80. The highest BCUT2D eigenvalue weighted by molar-refractivity contribution is 5.55. The Morgan fingerprint density at radius 2 is 2.20 bits per heavy atom. The lowest BCUT2D eigenvalue weighted by atomic mass is 9.94. The van der Waals surface area contributed by atoms with Crippen LogP contribution in [0.15, 0.2) is 18.2 Å². The fourth-order valence-electron chi connectivity index (χ4n) is 2.75. The van der Waals surface area contributed by atoms with Crippen molar-refractivity contribution >= 4 is 5.69 Å². The molecule has 1 aromatic carbocycles. The number of rotatable bonds is 4. The van der Waals surface area contributed by atoms with E-state index in [-0.39, 0.29) is 5.82 Å². The van der Waals surface area contributed by atoms with Crippen molar-refractivity contribution in [1.29, 1.82) is 0 Å². The van der Waals surface area contributed by atoms with Gasteiger partial charge in [-0.2, -0.15) is 0 Å². The standard InChI is InChI=1S/C16H25FN2O/c1-12(2)18-10-13-14(17)6-4-7-15(13)19-9-5-8-16(3,20)11-19/h4,6-7,12,18,20H,5,8-11H2,1-3H3. The molecule has 1 atom stereocenters. The van der Waals surface area contributed by atoms with Crippen LogP contribution in [0.2, 0.25) is 0 Å². The fraction of sp³-hybridized carbons (Fsp3) is 0.625. The molecule has 0 aromatic heterocycles. The molecule has 1 aliphatic heterocycles. The van der Waals surface area contributed by atoms with E-state index in [0.717, 1.165) is 25.1 Å². The van der Waals surface area contributed by atoms with Crippen LogP contribution >= 0.6 is 0 Å². The Hall–Kier alpha value is -1.13. The second-order valence-electron chi connectivity index (χ2n) is 6.30. The van der Waals surface area contributed by atoms with E-state index < -0.39 is 5.60 Å². The summed E-state index contributed by atoms with van der Waals surface area (Å²) in [4.78, 5) is 2.10. The summed E-state index contributed by atoms with van der Waals surface area (Å²) in [6.45, 7) is 7.89. The van der Waals surface area contributed by atoms with Gasteiger partial charge in [0, 0.05) is 36.9 Å². The molecule has 4 heteroatoms. The van der Waals surface area contributed by atoms with Gasteiger partial charge >= 0.3 is 0 Å². The first-order chi connectivity index (χ1) is 9.39. The largest absolute Gasteiger partial charge is 0.388 e. The van der Waals surface area contributed by atoms with Crippen molar-refractivity contribution in [3.05, 3.63) is 29.6 Å². The maximum absolute atomic E-state index is 14.1. The van der Waals surface area contributed by atoms with Crippen molar-refractivity contribution < 1.29 is 9.50 Å². The molecule has 0 saturated carbocycles. The first kappa shape index (κ1) is 15.3. The molecular weight excluding hydrogens is 255 g/mol. The minimum atomic E-state index is -0.687. The van der Waals surface area contributed by atoms with Gasteiger partial charge in [-0.05, 0) is 31.9 Å². The van der Waals surface area contributed by atoms with Crippen molar-refractivity contribution in [1.82, 2.24) is 5.32 Å². The molecule has 3 nitrogen and oxygen atoms in total. The van der Waals surface area contributed by atoms with Crippen LogP contribution in [0.3, 0.4) is 0 Å². The highest BCUT2D eigenvalue weighted by Crippen LogP contribution is 2.29. The van der Waals surface area contributed by atoms with E-state index in [1.807, 2.05) is 26.8 Å². The number of nitrogens with one attached hydrogen (secondary N) is 1. The lowest BCUT2D eigenvalue weighted by molar-refractivity contribution is 0.0448. The van der Waals surface area contributed by atoms with E-state index in [4.69, 9.17) is 0 Å². The lowest BCUT2D eigenvalue weighted by Crippen LogP contribution is -2.46. The first-order valence-corrected chi connectivity index (χ1v) is 7.37. The molecule has 1 fully saturated rings. The molecule has 20 heavy (non-hydrogen) atoms. The third kappa shape index (κ3) is 3.70. The molecular formula is C16H25FN2O. The zero-order valence-corrected chi connectivity index (χ0v) is 12.6. The zero-order valence-electron chi connectivity index (χ0n) is 12.6. The number of anilines is 1. The maximum Gasteiger partial charge on any atom is 0.129 e. The van der Waals surface area contributed by atoms with Gasteiger partial charge in [0.05, 0.1) is 5.60 Å². The minimum absolute atomic E-state index is 0.180. The van der Waals surface area contributed by atoms with Gasteiger partial charge in [-0.15, -0.1) is 0 Å². The van der Waals surface area contributed by atoms with Crippen LogP contribution in [0, 0.1) is 5.82 Å². The van der Waals surface area contributed by atoms with Crippen molar-refractivity contribution in [2.75, 3.05) is 18.0 Å². The molecule has 1 aromatic rings. The number of nitrogens with zero attached hydrogens (tertiary/aromatic N) is 1. The minimum Gasteiger partial charge on any atom is -0.388 e. The van der Waals surface area contributed by atoms with Crippen LogP contribution in [-0.4, -0.2) is 29.8 Å². The number of hydrogen-bond donors (Lipinski definition) is 2. The summed E-state index contributed by atoms with van der Waals surface area (Å²) in [5.41, 5.74) is 0.907. The van der Waals surface area contributed by atoms with Gasteiger partial charge in [0.1, 0.15) is 5.82 Å². The molecule has 112 valence electrons. The van der Waals surface area contributed by atoms with Crippen LogP contribution in [0.4, 0.5) is 10.1 Å². The molecule has 1 aliphatic rings. The van der Waals surface area contributed by atoms with Crippen molar-refractivity contribution in [2.24, 2.45) is 0 Å². The average Bonchev–Trinajstić information content (AvgIpc) is 2.35. The Balaban J connectivity index is 2.24. The summed E-state index contributed by atoms with van der Waals surface area (Å²) in [7, 11) is 0. The van der Waals surface area contributed by atoms with Gasteiger partial charge in [-0.1, -0.05) is 19.9 Å². The summed E-state index contributed by atoms with van der Waals surface area (Å²) in [5, 5.41) is 13.5. The van der Waals surface area contributed by atoms with E-state index in [2.05, 4.69) is 10.2 Å². The van der Waals surface area contributed by atoms with Crippen LogP contribution in [0.25, 0.3) is 0 Å². The SMILES string of the molecule is CC(C)NCc1c(F)cccc1N1CCCC(C)(O)C1. The Morgan fingerprint density at radius 1 is 1.45 bits per heavy atom. The second kappa shape index (κ2) is 6.10. The molecule has 2 rings (SSSR count). The number of hydrogen-bond acceptors (Lipinski definition) is 3. The van der Waals surface area contributed by atoms with Gasteiger partial charge in [0.2, 0.25) is 0 Å². The number of piperidine rings is 1. The number of β-amino-alcohol motifs (C(OH)–C–C–N with tert-alkyl or cyclic N) is 1. The van der Waals surface area contributed by atoms with E-state index in [9.17, 15) is 9.50 Å². The highest BCUT2D eigenvalue weighted by atomic mass is 19.1. The molecule has 0 aliphatic carbocycles. The summed E-state index contributed by atoms with van der Waals surface area (Å²) in [6.07, 6.45) is 1.74. The summed E-state index contributed by atoms with van der Waals surface area (Å²) in [5.74, 6) is -0.180. The molecule has 0 radical (unpaired) electrons. The van der Waals surface area contributed by atoms with Crippen molar-refractivity contribution in [3.63, 3.8) is 0 Å². The highest BCUT2D eigenvalue weighted by Gasteiger charge is 2.29. The van der Waals surface area contributed by atoms with Crippen molar-refractivity contribution in [3.8, 4) is 0 Å².